The number of nitrogens with one attached hydrogen (secondary N) is 1. The van der Waals surface area contributed by atoms with Crippen molar-refractivity contribution in [1.82, 2.24) is 5.32 Å². The Balaban J connectivity index is 3.65. The third-order valence-electron chi connectivity index (χ3n) is 1.48. The number of carbonyl (C=O) groups is 1. The van der Waals surface area contributed by atoms with Gasteiger partial charge >= 0.3 is 0 Å². The monoisotopic (exact) mass is 237 g/mol. The van der Waals surface area contributed by atoms with Gasteiger partial charge in [0.05, 0.1) is 12.2 Å². The fourth-order valence-electron chi connectivity index (χ4n) is 0.825. The predicted octanol–water partition coefficient (Wildman–Crippen LogP) is -1.33. The van der Waals surface area contributed by atoms with Gasteiger partial charge in [0.2, 0.25) is 5.91 Å². The van der Waals surface area contributed by atoms with Crippen LogP contribution in [-0.4, -0.2) is 43.9 Å². The van der Waals surface area contributed by atoms with Crippen LogP contribution in [-0.2, 0) is 14.6 Å². The zero-order valence-electron chi connectivity index (χ0n) is 8.43. The molecule has 4 N–H and O–H groups in total. The summed E-state index contributed by atoms with van der Waals surface area (Å²) in [5, 5.41) is 13.2. The van der Waals surface area contributed by atoms with E-state index in [9.17, 15) is 13.2 Å². The summed E-state index contributed by atoms with van der Waals surface area (Å²) >= 11 is 0. The Morgan fingerprint density at radius 2 is 2.13 bits per heavy atom. The van der Waals surface area contributed by atoms with Crippen molar-refractivity contribution in [2.24, 2.45) is 10.9 Å². The second kappa shape index (κ2) is 6.23. The number of sulfone groups is 1. The zero-order valence-corrected chi connectivity index (χ0v) is 9.25. The summed E-state index contributed by atoms with van der Waals surface area (Å²) in [4.78, 5) is 11.0. The van der Waals surface area contributed by atoms with Gasteiger partial charge in [0.25, 0.3) is 0 Å². The van der Waals surface area contributed by atoms with Gasteiger partial charge in [-0.2, -0.15) is 0 Å². The van der Waals surface area contributed by atoms with E-state index in [2.05, 4.69) is 10.5 Å². The molecule has 0 unspecified atom stereocenters. The molecule has 0 aliphatic heterocycles. The van der Waals surface area contributed by atoms with Crippen LogP contribution >= 0.6 is 0 Å². The van der Waals surface area contributed by atoms with E-state index >= 15 is 0 Å². The summed E-state index contributed by atoms with van der Waals surface area (Å²) in [5.74, 6) is -0.564. The van der Waals surface area contributed by atoms with Gasteiger partial charge in [-0.15, -0.1) is 0 Å². The number of hydrogen-bond acceptors (Lipinski definition) is 5. The predicted molar refractivity (Wildman–Crippen MR) is 55.4 cm³/mol. The SMILES string of the molecule is CS(=O)(=O)CCCNC(=O)CC(N)=NO. The molecular formula is C7H15N3O4S. The van der Waals surface area contributed by atoms with Crippen LogP contribution in [0.4, 0.5) is 0 Å². The first kappa shape index (κ1) is 13.7. The van der Waals surface area contributed by atoms with Crippen molar-refractivity contribution in [3.05, 3.63) is 0 Å². The Bertz CT molecular complexity index is 336. The minimum absolute atomic E-state index is 0.0247. The lowest BCUT2D eigenvalue weighted by molar-refractivity contribution is -0.119. The lowest BCUT2D eigenvalue weighted by Gasteiger charge is -2.03. The molecular weight excluding hydrogens is 222 g/mol. The van der Waals surface area contributed by atoms with Gasteiger partial charge in [-0.25, -0.2) is 8.42 Å². The maximum absolute atomic E-state index is 11.0. The Morgan fingerprint density at radius 1 is 1.53 bits per heavy atom. The van der Waals surface area contributed by atoms with Gasteiger partial charge < -0.3 is 16.3 Å². The van der Waals surface area contributed by atoms with Gasteiger partial charge in [0.1, 0.15) is 15.7 Å². The molecule has 8 heteroatoms. The molecule has 0 aromatic heterocycles. The largest absolute Gasteiger partial charge is 0.409 e. The number of hydrogen-bond donors (Lipinski definition) is 3. The summed E-state index contributed by atoms with van der Waals surface area (Å²) in [6, 6.07) is 0. The molecule has 1 amide bonds. The van der Waals surface area contributed by atoms with Crippen LogP contribution in [0.25, 0.3) is 0 Å². The van der Waals surface area contributed by atoms with Gasteiger partial charge in [-0.3, -0.25) is 4.79 Å². The third-order valence-corrected chi connectivity index (χ3v) is 2.51. The van der Waals surface area contributed by atoms with E-state index in [1.165, 1.54) is 0 Å². The highest BCUT2D eigenvalue weighted by Gasteiger charge is 2.05. The van der Waals surface area contributed by atoms with Crippen LogP contribution < -0.4 is 11.1 Å². The van der Waals surface area contributed by atoms with E-state index in [0.717, 1.165) is 6.26 Å². The minimum atomic E-state index is -2.99. The molecule has 0 saturated carbocycles. The number of rotatable bonds is 6. The highest BCUT2D eigenvalue weighted by molar-refractivity contribution is 7.90. The standard InChI is InChI=1S/C7H15N3O4S/c1-15(13,14)4-2-3-9-7(11)5-6(8)10-12/h12H,2-5H2,1H3,(H2,8,10)(H,9,11). The fourth-order valence-corrected chi connectivity index (χ4v) is 1.49. The topological polar surface area (TPSA) is 122 Å². The lowest BCUT2D eigenvalue weighted by Crippen LogP contribution is -2.30. The molecule has 0 radical (unpaired) electrons. The summed E-state index contributed by atoms with van der Waals surface area (Å²) in [5.41, 5.74) is 5.09. The quantitative estimate of drug-likeness (QED) is 0.174. The lowest BCUT2D eigenvalue weighted by atomic mass is 10.3. The van der Waals surface area contributed by atoms with E-state index in [0.29, 0.717) is 6.42 Å². The van der Waals surface area contributed by atoms with Crippen LogP contribution in [0.1, 0.15) is 12.8 Å². The molecule has 0 rings (SSSR count). The maximum Gasteiger partial charge on any atom is 0.227 e. The molecule has 0 spiro atoms. The van der Waals surface area contributed by atoms with Crippen molar-refractivity contribution in [1.29, 1.82) is 0 Å². The summed E-state index contributed by atoms with van der Waals surface area (Å²) in [7, 11) is -2.99. The highest BCUT2D eigenvalue weighted by atomic mass is 32.2. The minimum Gasteiger partial charge on any atom is -0.409 e. The average molecular weight is 237 g/mol. The van der Waals surface area contributed by atoms with Gasteiger partial charge in [0, 0.05) is 12.8 Å². The highest BCUT2D eigenvalue weighted by Crippen LogP contribution is 1.88. The Labute approximate surface area is 88.2 Å². The normalized spacial score (nSPS) is 12.5. The van der Waals surface area contributed by atoms with Crippen LogP contribution in [0.5, 0.6) is 0 Å². The van der Waals surface area contributed by atoms with Crippen LogP contribution in [0.3, 0.4) is 0 Å². The van der Waals surface area contributed by atoms with Crippen molar-refractivity contribution in [2.75, 3.05) is 18.6 Å². The van der Waals surface area contributed by atoms with Gasteiger partial charge in [0.15, 0.2) is 0 Å². The Hall–Kier alpha value is -1.31. The van der Waals surface area contributed by atoms with Crippen LogP contribution in [0, 0.1) is 0 Å². The summed E-state index contributed by atoms with van der Waals surface area (Å²) in [6.45, 7) is 0.255. The van der Waals surface area contributed by atoms with E-state index in [4.69, 9.17) is 10.9 Å². The molecule has 15 heavy (non-hydrogen) atoms. The Morgan fingerprint density at radius 3 is 2.60 bits per heavy atom. The number of amidine groups is 1. The third kappa shape index (κ3) is 9.01. The van der Waals surface area contributed by atoms with Crippen molar-refractivity contribution >= 4 is 21.6 Å². The molecule has 0 saturated heterocycles. The molecule has 7 nitrogen and oxygen atoms in total. The van der Waals surface area contributed by atoms with Crippen LogP contribution in [0.2, 0.25) is 0 Å². The molecule has 0 atom stereocenters. The first-order chi connectivity index (χ1) is 6.85. The van der Waals surface area contributed by atoms with Crippen molar-refractivity contribution < 1.29 is 18.4 Å². The first-order valence-electron chi connectivity index (χ1n) is 4.26. The molecule has 0 aliphatic carbocycles. The molecule has 0 fully saturated rings. The van der Waals surface area contributed by atoms with E-state index in [1.807, 2.05) is 0 Å². The summed E-state index contributed by atoms with van der Waals surface area (Å²) in [6.07, 6.45) is 1.28. The molecule has 0 aromatic rings. The number of nitrogens with two attached hydrogens (primary N) is 1. The number of nitrogens with zero attached hydrogens (tertiary/aromatic N) is 1. The summed E-state index contributed by atoms with van der Waals surface area (Å²) < 4.78 is 21.4. The second-order valence-electron chi connectivity index (χ2n) is 3.10. The smallest absolute Gasteiger partial charge is 0.227 e. The van der Waals surface area contributed by atoms with Crippen molar-refractivity contribution in [3.8, 4) is 0 Å². The number of amides is 1. The molecule has 0 aliphatic rings. The van der Waals surface area contributed by atoms with Gasteiger partial charge in [-0.1, -0.05) is 5.16 Å². The van der Waals surface area contributed by atoms with E-state index in [-0.39, 0.29) is 24.6 Å². The number of oxime groups is 1. The fraction of sp³-hybridized carbons (Fsp3) is 0.714. The van der Waals surface area contributed by atoms with E-state index in [1.54, 1.807) is 0 Å². The zero-order chi connectivity index (χ0) is 11.9. The number of carbonyl (C=O) groups excluding carboxylic acids is 1. The molecule has 0 heterocycles. The van der Waals surface area contributed by atoms with Gasteiger partial charge in [-0.05, 0) is 6.42 Å². The van der Waals surface area contributed by atoms with Crippen molar-refractivity contribution in [2.45, 2.75) is 12.8 Å². The Kier molecular flexibility index (Phi) is 5.68. The van der Waals surface area contributed by atoms with E-state index < -0.39 is 15.7 Å². The second-order valence-corrected chi connectivity index (χ2v) is 5.36. The average Bonchev–Trinajstić information content (AvgIpc) is 2.11. The molecule has 0 bridgehead atoms. The maximum atomic E-state index is 11.0. The van der Waals surface area contributed by atoms with Crippen molar-refractivity contribution in [3.63, 3.8) is 0 Å². The molecule has 0 aromatic carbocycles. The molecule has 88 valence electrons. The first-order valence-corrected chi connectivity index (χ1v) is 6.32. The van der Waals surface area contributed by atoms with Crippen LogP contribution in [0.15, 0.2) is 5.16 Å².